The zero-order chi connectivity index (χ0) is 21.1. The number of rotatable bonds is 9. The lowest BCUT2D eigenvalue weighted by Crippen LogP contribution is -2.13. The Morgan fingerprint density at radius 1 is 1.13 bits per heavy atom. The van der Waals surface area contributed by atoms with Gasteiger partial charge in [-0.2, -0.15) is 9.61 Å². The van der Waals surface area contributed by atoms with E-state index in [1.165, 1.54) is 5.56 Å². The van der Waals surface area contributed by atoms with Gasteiger partial charge in [0.25, 0.3) is 0 Å². The number of H-pyrrole nitrogens is 1. The van der Waals surface area contributed by atoms with Gasteiger partial charge in [-0.25, -0.2) is 9.97 Å². The number of nitrogens with zero attached hydrogens (tertiary/aromatic N) is 5. The zero-order valence-electron chi connectivity index (χ0n) is 18.1. The van der Waals surface area contributed by atoms with Gasteiger partial charge in [-0.15, -0.1) is 5.10 Å². The van der Waals surface area contributed by atoms with Crippen molar-refractivity contribution in [3.05, 3.63) is 47.0 Å². The van der Waals surface area contributed by atoms with E-state index in [-0.39, 0.29) is 6.10 Å². The molecule has 8 nitrogen and oxygen atoms in total. The molecule has 0 amide bonds. The van der Waals surface area contributed by atoms with Gasteiger partial charge < -0.3 is 10.1 Å². The van der Waals surface area contributed by atoms with Crippen LogP contribution in [0.3, 0.4) is 0 Å². The van der Waals surface area contributed by atoms with Gasteiger partial charge in [0, 0.05) is 30.7 Å². The minimum atomic E-state index is 0.246. The monoisotopic (exact) mass is 407 g/mol. The molecule has 0 aliphatic carbocycles. The number of fused-ring (bicyclic) bond motifs is 3. The number of nitrogens with one attached hydrogen (secondary N) is 2. The van der Waals surface area contributed by atoms with Crippen molar-refractivity contribution in [2.75, 3.05) is 18.5 Å². The maximum absolute atomic E-state index is 5.63. The Labute approximate surface area is 176 Å². The molecule has 158 valence electrons. The average Bonchev–Trinajstić information content (AvgIpc) is 3.29. The fourth-order valence-electron chi connectivity index (χ4n) is 3.59. The van der Waals surface area contributed by atoms with Gasteiger partial charge in [-0.3, -0.25) is 5.10 Å². The van der Waals surface area contributed by atoms with Crippen molar-refractivity contribution in [1.82, 2.24) is 29.8 Å². The van der Waals surface area contributed by atoms with E-state index in [0.29, 0.717) is 12.6 Å². The number of aryl methyl sites for hydroxylation is 3. The molecule has 0 saturated carbocycles. The van der Waals surface area contributed by atoms with Crippen molar-refractivity contribution in [3.63, 3.8) is 0 Å². The molecular weight excluding hydrogens is 378 g/mol. The summed E-state index contributed by atoms with van der Waals surface area (Å²) in [5, 5.41) is 16.5. The standard InChI is InChI=1S/C22H29N7O/c1-14(2)30-13-7-12-23-22-24-19-9-6-5-8-18(19)21-25-20(28-29(21)22)11-10-17-15(3)26-27-16(17)4/h5-6,8-9,14H,7,10-13H2,1-4H3,(H,23,24)(H,26,27). The number of benzene rings is 1. The van der Waals surface area contributed by atoms with Crippen molar-refractivity contribution < 1.29 is 4.74 Å². The third kappa shape index (κ3) is 4.28. The molecule has 2 N–H and O–H groups in total. The number of hydrogen-bond acceptors (Lipinski definition) is 6. The molecule has 0 aliphatic heterocycles. The quantitative estimate of drug-likeness (QED) is 0.412. The Morgan fingerprint density at radius 2 is 1.97 bits per heavy atom. The minimum Gasteiger partial charge on any atom is -0.379 e. The summed E-state index contributed by atoms with van der Waals surface area (Å²) < 4.78 is 7.45. The van der Waals surface area contributed by atoms with Crippen LogP contribution in [0.25, 0.3) is 16.6 Å². The maximum atomic E-state index is 5.63. The summed E-state index contributed by atoms with van der Waals surface area (Å²) >= 11 is 0. The van der Waals surface area contributed by atoms with E-state index in [2.05, 4.69) is 22.4 Å². The average molecular weight is 408 g/mol. The van der Waals surface area contributed by atoms with Crippen LogP contribution in [0, 0.1) is 13.8 Å². The lowest BCUT2D eigenvalue weighted by molar-refractivity contribution is 0.0787. The van der Waals surface area contributed by atoms with Gasteiger partial charge in [0.1, 0.15) is 0 Å². The van der Waals surface area contributed by atoms with Crippen LogP contribution in [0.4, 0.5) is 5.95 Å². The van der Waals surface area contributed by atoms with E-state index in [9.17, 15) is 0 Å². The Balaban J connectivity index is 1.58. The second-order valence-corrected chi connectivity index (χ2v) is 7.83. The molecule has 0 bridgehead atoms. The first kappa shape index (κ1) is 20.3. The van der Waals surface area contributed by atoms with Gasteiger partial charge in [0.15, 0.2) is 11.5 Å². The van der Waals surface area contributed by atoms with E-state index >= 15 is 0 Å². The topological polar surface area (TPSA) is 93.0 Å². The molecule has 0 fully saturated rings. The van der Waals surface area contributed by atoms with Crippen molar-refractivity contribution in [1.29, 1.82) is 0 Å². The van der Waals surface area contributed by atoms with Gasteiger partial charge in [0.2, 0.25) is 5.95 Å². The van der Waals surface area contributed by atoms with Crippen molar-refractivity contribution in [2.45, 2.75) is 53.1 Å². The molecule has 4 rings (SSSR count). The highest BCUT2D eigenvalue weighted by molar-refractivity contribution is 5.92. The summed E-state index contributed by atoms with van der Waals surface area (Å²) in [6, 6.07) is 8.05. The number of ether oxygens (including phenoxy) is 1. The third-order valence-electron chi connectivity index (χ3n) is 5.16. The number of aromatic nitrogens is 6. The minimum absolute atomic E-state index is 0.246. The number of para-hydroxylation sites is 1. The van der Waals surface area contributed by atoms with E-state index in [4.69, 9.17) is 19.8 Å². The summed E-state index contributed by atoms with van der Waals surface area (Å²) in [5.41, 5.74) is 5.12. The normalized spacial score (nSPS) is 11.8. The molecule has 0 saturated heterocycles. The molecular formula is C22H29N7O. The molecule has 3 aromatic heterocycles. The lowest BCUT2D eigenvalue weighted by Gasteiger charge is -2.10. The van der Waals surface area contributed by atoms with Gasteiger partial charge in [-0.05, 0) is 58.2 Å². The van der Waals surface area contributed by atoms with Gasteiger partial charge in [0.05, 0.1) is 17.3 Å². The number of anilines is 1. The second-order valence-electron chi connectivity index (χ2n) is 7.83. The highest BCUT2D eigenvalue weighted by atomic mass is 16.5. The maximum Gasteiger partial charge on any atom is 0.226 e. The molecule has 0 unspecified atom stereocenters. The summed E-state index contributed by atoms with van der Waals surface area (Å²) in [4.78, 5) is 9.63. The van der Waals surface area contributed by atoms with Crippen LogP contribution in [-0.4, -0.2) is 49.0 Å². The first-order valence-electron chi connectivity index (χ1n) is 10.5. The zero-order valence-corrected chi connectivity index (χ0v) is 18.1. The molecule has 30 heavy (non-hydrogen) atoms. The lowest BCUT2D eigenvalue weighted by atomic mass is 10.1. The van der Waals surface area contributed by atoms with Crippen LogP contribution in [0.5, 0.6) is 0 Å². The molecule has 0 radical (unpaired) electrons. The Hall–Kier alpha value is -3.00. The SMILES string of the molecule is Cc1n[nH]c(C)c1CCc1nc2c3ccccc3nc(NCCCOC(C)C)n2n1. The van der Waals surface area contributed by atoms with Crippen LogP contribution in [0.1, 0.15) is 43.0 Å². The molecule has 3 heterocycles. The Kier molecular flexibility index (Phi) is 5.94. The Bertz CT molecular complexity index is 1130. The molecule has 0 spiro atoms. The van der Waals surface area contributed by atoms with Crippen LogP contribution < -0.4 is 5.32 Å². The summed E-state index contributed by atoms with van der Waals surface area (Å²) in [6.07, 6.45) is 2.75. The fourth-order valence-corrected chi connectivity index (χ4v) is 3.59. The van der Waals surface area contributed by atoms with Crippen molar-refractivity contribution in [2.24, 2.45) is 0 Å². The largest absolute Gasteiger partial charge is 0.379 e. The molecule has 0 atom stereocenters. The predicted octanol–water partition coefficient (Wildman–Crippen LogP) is 3.63. The van der Waals surface area contributed by atoms with Crippen LogP contribution >= 0.6 is 0 Å². The highest BCUT2D eigenvalue weighted by Gasteiger charge is 2.14. The van der Waals surface area contributed by atoms with Crippen molar-refractivity contribution in [3.8, 4) is 0 Å². The van der Waals surface area contributed by atoms with E-state index in [1.807, 2.05) is 49.6 Å². The smallest absolute Gasteiger partial charge is 0.226 e. The van der Waals surface area contributed by atoms with E-state index in [1.54, 1.807) is 0 Å². The summed E-state index contributed by atoms with van der Waals surface area (Å²) in [5.74, 6) is 1.52. The number of hydrogen-bond donors (Lipinski definition) is 2. The Morgan fingerprint density at radius 3 is 2.73 bits per heavy atom. The first-order valence-corrected chi connectivity index (χ1v) is 10.5. The molecule has 1 aromatic carbocycles. The number of aromatic amines is 1. The van der Waals surface area contributed by atoms with Gasteiger partial charge >= 0.3 is 0 Å². The van der Waals surface area contributed by atoms with Crippen molar-refractivity contribution >= 4 is 22.5 Å². The first-order chi connectivity index (χ1) is 14.5. The summed E-state index contributed by atoms with van der Waals surface area (Å²) in [6.45, 7) is 9.65. The fraction of sp³-hybridized carbons (Fsp3) is 0.455. The van der Waals surface area contributed by atoms with Crippen LogP contribution in [-0.2, 0) is 17.6 Å². The highest BCUT2D eigenvalue weighted by Crippen LogP contribution is 2.21. The predicted molar refractivity (Wildman–Crippen MR) is 118 cm³/mol. The third-order valence-corrected chi connectivity index (χ3v) is 5.16. The van der Waals surface area contributed by atoms with Crippen LogP contribution in [0.2, 0.25) is 0 Å². The van der Waals surface area contributed by atoms with E-state index in [0.717, 1.165) is 59.6 Å². The second kappa shape index (κ2) is 8.79. The molecule has 0 aliphatic rings. The van der Waals surface area contributed by atoms with Gasteiger partial charge in [-0.1, -0.05) is 12.1 Å². The van der Waals surface area contributed by atoms with E-state index < -0.39 is 0 Å². The van der Waals surface area contributed by atoms with Crippen LogP contribution in [0.15, 0.2) is 24.3 Å². The molecule has 4 aromatic rings. The summed E-state index contributed by atoms with van der Waals surface area (Å²) in [7, 11) is 0. The molecule has 8 heteroatoms.